The van der Waals surface area contributed by atoms with Crippen molar-refractivity contribution in [3.05, 3.63) is 59.9 Å². The summed E-state index contributed by atoms with van der Waals surface area (Å²) < 4.78 is 17.2. The van der Waals surface area contributed by atoms with Gasteiger partial charge in [-0.25, -0.2) is 0 Å². The third-order valence-corrected chi connectivity index (χ3v) is 4.59. The number of hydrogen-bond acceptors (Lipinski definition) is 6. The lowest BCUT2D eigenvalue weighted by Crippen LogP contribution is -2.48. The number of amides is 1. The molecule has 2 aromatic rings. The zero-order chi connectivity index (χ0) is 23.6. The van der Waals surface area contributed by atoms with Gasteiger partial charge in [0, 0.05) is 19.4 Å². The second-order valence-electron chi connectivity index (χ2n) is 8.55. The maximum atomic E-state index is 13.3. The van der Waals surface area contributed by atoms with Crippen molar-refractivity contribution in [1.29, 1.82) is 0 Å². The molecule has 0 radical (unpaired) electrons. The maximum Gasteiger partial charge on any atom is 0.240 e. The van der Waals surface area contributed by atoms with E-state index in [9.17, 15) is 4.79 Å². The van der Waals surface area contributed by atoms with Crippen LogP contribution in [0.5, 0.6) is 5.75 Å². The van der Waals surface area contributed by atoms with Crippen molar-refractivity contribution in [2.24, 2.45) is 5.73 Å². The fourth-order valence-corrected chi connectivity index (χ4v) is 3.25. The molecule has 0 spiro atoms. The van der Waals surface area contributed by atoms with E-state index in [0.717, 1.165) is 17.0 Å². The Morgan fingerprint density at radius 2 is 1.72 bits per heavy atom. The average Bonchev–Trinajstić information content (AvgIpc) is 2.74. The standard InChI is InChI=1S/C25H37N3O4/c1-6-30-23(31-7-2)18-28(17-20-10-8-9-15-27-20)24(29)22(26)16-19-11-13-21(14-12-19)32-25(3,4)5/h8-15,22-23H,6-7,16-18,26H2,1-5H3/t22-/m0/s1. The molecule has 0 bridgehead atoms. The number of nitrogens with two attached hydrogens (primary N) is 1. The van der Waals surface area contributed by atoms with Crippen LogP contribution in [0, 0.1) is 0 Å². The Labute approximate surface area is 191 Å². The molecule has 1 heterocycles. The number of benzene rings is 1. The highest BCUT2D eigenvalue weighted by molar-refractivity contribution is 5.82. The predicted molar refractivity (Wildman–Crippen MR) is 125 cm³/mol. The lowest BCUT2D eigenvalue weighted by atomic mass is 10.0. The molecule has 32 heavy (non-hydrogen) atoms. The van der Waals surface area contributed by atoms with Crippen LogP contribution in [0.4, 0.5) is 0 Å². The van der Waals surface area contributed by atoms with E-state index in [1.54, 1.807) is 11.1 Å². The smallest absolute Gasteiger partial charge is 0.240 e. The topological polar surface area (TPSA) is 86.9 Å². The molecule has 1 amide bonds. The summed E-state index contributed by atoms with van der Waals surface area (Å²) in [7, 11) is 0. The SMILES string of the molecule is CCOC(CN(Cc1ccccn1)C(=O)[C@@H](N)Cc1ccc(OC(C)(C)C)cc1)OCC. The zero-order valence-corrected chi connectivity index (χ0v) is 19.9. The van der Waals surface area contributed by atoms with Crippen LogP contribution in [0.25, 0.3) is 0 Å². The van der Waals surface area contributed by atoms with E-state index in [-0.39, 0.29) is 18.1 Å². The van der Waals surface area contributed by atoms with Gasteiger partial charge in [-0.05, 0) is 70.9 Å². The minimum atomic E-state index is -0.697. The molecule has 0 saturated heterocycles. The van der Waals surface area contributed by atoms with Gasteiger partial charge in [0.15, 0.2) is 6.29 Å². The first kappa shape index (κ1) is 25.8. The van der Waals surface area contributed by atoms with Crippen molar-refractivity contribution < 1.29 is 19.0 Å². The van der Waals surface area contributed by atoms with Crippen molar-refractivity contribution in [3.8, 4) is 5.75 Å². The quantitative estimate of drug-likeness (QED) is 0.505. The largest absolute Gasteiger partial charge is 0.488 e. The van der Waals surface area contributed by atoms with Gasteiger partial charge in [-0.3, -0.25) is 9.78 Å². The van der Waals surface area contributed by atoms with Crippen LogP contribution in [-0.4, -0.2) is 53.5 Å². The summed E-state index contributed by atoms with van der Waals surface area (Å²) in [6.45, 7) is 11.4. The molecule has 1 aromatic heterocycles. The summed E-state index contributed by atoms with van der Waals surface area (Å²) in [4.78, 5) is 19.3. The number of carbonyl (C=O) groups is 1. The Morgan fingerprint density at radius 3 is 2.25 bits per heavy atom. The van der Waals surface area contributed by atoms with Gasteiger partial charge in [-0.2, -0.15) is 0 Å². The minimum Gasteiger partial charge on any atom is -0.488 e. The van der Waals surface area contributed by atoms with Crippen LogP contribution in [0.2, 0.25) is 0 Å². The Balaban J connectivity index is 2.10. The molecule has 2 rings (SSSR count). The molecule has 0 saturated carbocycles. The van der Waals surface area contributed by atoms with Crippen molar-refractivity contribution >= 4 is 5.91 Å². The van der Waals surface area contributed by atoms with Crippen LogP contribution in [0.15, 0.2) is 48.7 Å². The molecule has 0 unspecified atom stereocenters. The number of hydrogen-bond donors (Lipinski definition) is 1. The highest BCUT2D eigenvalue weighted by Crippen LogP contribution is 2.19. The molecule has 2 N–H and O–H groups in total. The maximum absolute atomic E-state index is 13.3. The fourth-order valence-electron chi connectivity index (χ4n) is 3.25. The van der Waals surface area contributed by atoms with Gasteiger partial charge in [0.1, 0.15) is 11.4 Å². The Kier molecular flexibility index (Phi) is 10.1. The third-order valence-electron chi connectivity index (χ3n) is 4.59. The Bertz CT molecular complexity index is 800. The molecule has 0 aliphatic carbocycles. The number of pyridine rings is 1. The lowest BCUT2D eigenvalue weighted by Gasteiger charge is -2.29. The highest BCUT2D eigenvalue weighted by Gasteiger charge is 2.25. The molecule has 1 atom stereocenters. The van der Waals surface area contributed by atoms with Crippen LogP contribution >= 0.6 is 0 Å². The number of rotatable bonds is 12. The van der Waals surface area contributed by atoms with Crippen molar-refractivity contribution in [2.75, 3.05) is 19.8 Å². The first-order valence-corrected chi connectivity index (χ1v) is 11.2. The van der Waals surface area contributed by atoms with E-state index >= 15 is 0 Å². The van der Waals surface area contributed by atoms with Crippen LogP contribution in [0.3, 0.4) is 0 Å². The predicted octanol–water partition coefficient (Wildman–Crippen LogP) is 3.56. The average molecular weight is 444 g/mol. The molecule has 7 nitrogen and oxygen atoms in total. The second kappa shape index (κ2) is 12.5. The fraction of sp³-hybridized carbons (Fsp3) is 0.520. The van der Waals surface area contributed by atoms with Gasteiger partial charge < -0.3 is 24.8 Å². The van der Waals surface area contributed by atoms with Gasteiger partial charge in [-0.15, -0.1) is 0 Å². The summed E-state index contributed by atoms with van der Waals surface area (Å²) in [5.41, 5.74) is 7.83. The van der Waals surface area contributed by atoms with Crippen LogP contribution in [0.1, 0.15) is 45.9 Å². The molecule has 1 aromatic carbocycles. The summed E-state index contributed by atoms with van der Waals surface area (Å²) >= 11 is 0. The number of carbonyl (C=O) groups excluding carboxylic acids is 1. The molecular formula is C25H37N3O4. The molecule has 0 aliphatic heterocycles. The molecule has 0 aliphatic rings. The monoisotopic (exact) mass is 443 g/mol. The molecular weight excluding hydrogens is 406 g/mol. The van der Waals surface area contributed by atoms with E-state index in [1.807, 2.05) is 77.1 Å². The molecule has 7 heteroatoms. The Morgan fingerprint density at radius 1 is 1.06 bits per heavy atom. The minimum absolute atomic E-state index is 0.171. The summed E-state index contributed by atoms with van der Waals surface area (Å²) in [6.07, 6.45) is 1.61. The highest BCUT2D eigenvalue weighted by atomic mass is 16.7. The van der Waals surface area contributed by atoms with Crippen molar-refractivity contribution in [3.63, 3.8) is 0 Å². The molecule has 176 valence electrons. The third kappa shape index (κ3) is 8.94. The van der Waals surface area contributed by atoms with Crippen LogP contribution in [-0.2, 0) is 27.2 Å². The lowest BCUT2D eigenvalue weighted by molar-refractivity contribution is -0.160. The van der Waals surface area contributed by atoms with E-state index in [4.69, 9.17) is 19.9 Å². The van der Waals surface area contributed by atoms with E-state index in [1.165, 1.54) is 0 Å². The zero-order valence-electron chi connectivity index (χ0n) is 19.9. The van der Waals surface area contributed by atoms with E-state index < -0.39 is 12.3 Å². The number of aromatic nitrogens is 1. The summed E-state index contributed by atoms with van der Waals surface area (Å²) in [5.74, 6) is 0.615. The second-order valence-corrected chi connectivity index (χ2v) is 8.55. The van der Waals surface area contributed by atoms with Crippen molar-refractivity contribution in [2.45, 2.75) is 65.5 Å². The van der Waals surface area contributed by atoms with Gasteiger partial charge in [0.25, 0.3) is 0 Å². The number of nitrogens with zero attached hydrogens (tertiary/aromatic N) is 2. The van der Waals surface area contributed by atoms with E-state index in [2.05, 4.69) is 4.98 Å². The molecule has 0 fully saturated rings. The van der Waals surface area contributed by atoms with Gasteiger partial charge >= 0.3 is 0 Å². The Hall–Kier alpha value is -2.48. The van der Waals surface area contributed by atoms with Gasteiger partial charge in [-0.1, -0.05) is 18.2 Å². The summed E-state index contributed by atoms with van der Waals surface area (Å²) in [5, 5.41) is 0. The number of ether oxygens (including phenoxy) is 3. The van der Waals surface area contributed by atoms with Crippen molar-refractivity contribution in [1.82, 2.24) is 9.88 Å². The summed E-state index contributed by atoms with van der Waals surface area (Å²) in [6, 6.07) is 12.6. The van der Waals surface area contributed by atoms with Gasteiger partial charge in [0.05, 0.1) is 24.8 Å². The van der Waals surface area contributed by atoms with Crippen LogP contribution < -0.4 is 10.5 Å². The first-order valence-electron chi connectivity index (χ1n) is 11.2. The normalized spacial score (nSPS) is 12.6. The van der Waals surface area contributed by atoms with E-state index in [0.29, 0.717) is 26.2 Å². The first-order chi connectivity index (χ1) is 15.2. The van der Waals surface area contributed by atoms with Gasteiger partial charge in [0.2, 0.25) is 5.91 Å².